The Hall–Kier alpha value is -3.56. The monoisotopic (exact) mass is 300 g/mol. The molecular weight excluding hydrogens is 292 g/mol. The Labute approximate surface area is 119 Å². The summed E-state index contributed by atoms with van der Waals surface area (Å²) >= 11 is 0. The standard InChI is InChI=1S/C12H8N6O4/c13-1-2(14)10(20)6-5(9(1)19)17-7-8(18-6)12(22)4(16)3(15)11(7)21/h13-16H2. The van der Waals surface area contributed by atoms with Gasteiger partial charge in [-0.2, -0.15) is 0 Å². The lowest BCUT2D eigenvalue weighted by atomic mass is 10.1. The summed E-state index contributed by atoms with van der Waals surface area (Å²) in [6, 6.07) is 0. The van der Waals surface area contributed by atoms with Crippen molar-refractivity contribution in [3.8, 4) is 0 Å². The molecule has 1 aromatic heterocycles. The average Bonchev–Trinajstić information content (AvgIpc) is 2.52. The van der Waals surface area contributed by atoms with E-state index in [9.17, 15) is 19.2 Å². The van der Waals surface area contributed by atoms with E-state index in [1.54, 1.807) is 0 Å². The highest BCUT2D eigenvalue weighted by Gasteiger charge is 2.20. The van der Waals surface area contributed by atoms with Gasteiger partial charge in [0.25, 0.3) is 0 Å². The second kappa shape index (κ2) is 3.97. The summed E-state index contributed by atoms with van der Waals surface area (Å²) in [5, 5.41) is 0. The number of nitrogen functional groups attached to an aromatic ring is 4. The largest absolute Gasteiger partial charge is 0.394 e. The van der Waals surface area contributed by atoms with Gasteiger partial charge in [0.15, 0.2) is 0 Å². The van der Waals surface area contributed by atoms with Crippen molar-refractivity contribution in [2.75, 3.05) is 22.9 Å². The Balaban J connectivity index is 2.77. The minimum absolute atomic E-state index is 0.454. The lowest BCUT2D eigenvalue weighted by molar-refractivity contribution is 1.33. The summed E-state index contributed by atoms with van der Waals surface area (Å²) in [5.74, 6) is 0. The van der Waals surface area contributed by atoms with Crippen molar-refractivity contribution in [1.29, 1.82) is 0 Å². The normalized spacial score (nSPS) is 11.3. The molecule has 0 amide bonds. The first-order valence-electron chi connectivity index (χ1n) is 5.87. The molecule has 0 saturated heterocycles. The van der Waals surface area contributed by atoms with E-state index >= 15 is 0 Å². The van der Waals surface area contributed by atoms with Crippen LogP contribution in [0.1, 0.15) is 0 Å². The van der Waals surface area contributed by atoms with Crippen molar-refractivity contribution >= 4 is 44.8 Å². The fourth-order valence-electron chi connectivity index (χ4n) is 2.07. The summed E-state index contributed by atoms with van der Waals surface area (Å²) in [7, 11) is 0. The maximum absolute atomic E-state index is 12.0. The lowest BCUT2D eigenvalue weighted by Crippen LogP contribution is -2.26. The van der Waals surface area contributed by atoms with Crippen LogP contribution in [0.5, 0.6) is 0 Å². The molecule has 8 N–H and O–H groups in total. The van der Waals surface area contributed by atoms with Gasteiger partial charge in [-0.15, -0.1) is 0 Å². The van der Waals surface area contributed by atoms with Crippen LogP contribution in [0.15, 0.2) is 19.2 Å². The molecule has 0 aliphatic heterocycles. The molecule has 1 heterocycles. The van der Waals surface area contributed by atoms with E-state index in [0.29, 0.717) is 0 Å². The van der Waals surface area contributed by atoms with Crippen molar-refractivity contribution in [2.45, 2.75) is 0 Å². The Morgan fingerprint density at radius 1 is 0.455 bits per heavy atom. The number of rotatable bonds is 0. The fourth-order valence-corrected chi connectivity index (χ4v) is 2.07. The third-order valence-corrected chi connectivity index (χ3v) is 3.31. The van der Waals surface area contributed by atoms with Gasteiger partial charge in [-0.25, -0.2) is 9.97 Å². The number of fused-ring (bicyclic) bond motifs is 2. The number of hydrogen-bond acceptors (Lipinski definition) is 10. The van der Waals surface area contributed by atoms with Crippen LogP contribution in [-0.4, -0.2) is 9.97 Å². The zero-order chi connectivity index (χ0) is 16.3. The molecule has 3 rings (SSSR count). The van der Waals surface area contributed by atoms with E-state index in [1.165, 1.54) is 0 Å². The zero-order valence-corrected chi connectivity index (χ0v) is 10.8. The van der Waals surface area contributed by atoms with Crippen molar-refractivity contribution in [1.82, 2.24) is 9.97 Å². The first-order valence-corrected chi connectivity index (χ1v) is 5.87. The Morgan fingerprint density at radius 3 is 0.818 bits per heavy atom. The molecule has 10 heteroatoms. The highest BCUT2D eigenvalue weighted by atomic mass is 16.1. The highest BCUT2D eigenvalue weighted by Crippen LogP contribution is 2.14. The quantitative estimate of drug-likeness (QED) is 0.252. The van der Waals surface area contributed by atoms with E-state index in [4.69, 9.17) is 22.9 Å². The van der Waals surface area contributed by atoms with Crippen molar-refractivity contribution in [3.63, 3.8) is 0 Å². The second-order valence-electron chi connectivity index (χ2n) is 4.59. The zero-order valence-electron chi connectivity index (χ0n) is 10.8. The number of nitrogens with two attached hydrogens (primary N) is 4. The van der Waals surface area contributed by atoms with Crippen LogP contribution in [0.3, 0.4) is 0 Å². The van der Waals surface area contributed by atoms with Gasteiger partial charge in [0, 0.05) is 0 Å². The smallest absolute Gasteiger partial charge is 0.231 e. The third kappa shape index (κ3) is 1.43. The number of anilines is 4. The molecule has 0 bridgehead atoms. The van der Waals surface area contributed by atoms with Crippen LogP contribution in [0, 0.1) is 0 Å². The molecular formula is C12H8N6O4. The van der Waals surface area contributed by atoms with Crippen LogP contribution in [0.4, 0.5) is 22.7 Å². The Morgan fingerprint density at radius 2 is 0.636 bits per heavy atom. The summed E-state index contributed by atoms with van der Waals surface area (Å²) in [6.45, 7) is 0. The van der Waals surface area contributed by atoms with Crippen LogP contribution in [-0.2, 0) is 0 Å². The van der Waals surface area contributed by atoms with Gasteiger partial charge in [0.05, 0.1) is 0 Å². The van der Waals surface area contributed by atoms with Crippen LogP contribution < -0.4 is 44.6 Å². The Kier molecular flexibility index (Phi) is 2.42. The molecule has 110 valence electrons. The van der Waals surface area contributed by atoms with Crippen molar-refractivity contribution < 1.29 is 0 Å². The molecule has 22 heavy (non-hydrogen) atoms. The van der Waals surface area contributed by atoms with E-state index < -0.39 is 66.5 Å². The summed E-state index contributed by atoms with van der Waals surface area (Å²) in [4.78, 5) is 55.5. The van der Waals surface area contributed by atoms with Gasteiger partial charge in [0.1, 0.15) is 44.8 Å². The molecule has 0 saturated carbocycles. The first kappa shape index (κ1) is 13.4. The maximum Gasteiger partial charge on any atom is 0.231 e. The predicted molar refractivity (Wildman–Crippen MR) is 82.1 cm³/mol. The number of benzene rings is 2. The fraction of sp³-hybridized carbons (Fsp3) is 0. The average molecular weight is 300 g/mol. The minimum atomic E-state index is -0.858. The van der Waals surface area contributed by atoms with Crippen LogP contribution >= 0.6 is 0 Å². The Bertz CT molecular complexity index is 1010. The molecule has 0 atom stereocenters. The van der Waals surface area contributed by atoms with Gasteiger partial charge >= 0.3 is 0 Å². The van der Waals surface area contributed by atoms with Crippen molar-refractivity contribution in [3.05, 3.63) is 40.9 Å². The maximum atomic E-state index is 12.0. The molecule has 0 aliphatic rings. The van der Waals surface area contributed by atoms with Crippen LogP contribution in [0.25, 0.3) is 22.1 Å². The molecule has 3 aromatic rings. The van der Waals surface area contributed by atoms with Gasteiger partial charge in [-0.3, -0.25) is 19.2 Å². The molecule has 0 fully saturated rings. The molecule has 0 unspecified atom stereocenters. The minimum Gasteiger partial charge on any atom is -0.394 e. The van der Waals surface area contributed by atoms with Gasteiger partial charge in [0.2, 0.25) is 21.7 Å². The topological polar surface area (TPSA) is 198 Å². The molecule has 0 radical (unpaired) electrons. The van der Waals surface area contributed by atoms with E-state index in [2.05, 4.69) is 9.97 Å². The van der Waals surface area contributed by atoms with E-state index in [-0.39, 0.29) is 0 Å². The highest BCUT2D eigenvalue weighted by molar-refractivity contribution is 5.93. The van der Waals surface area contributed by atoms with Gasteiger partial charge < -0.3 is 22.9 Å². The summed E-state index contributed by atoms with van der Waals surface area (Å²) < 4.78 is 0. The SMILES string of the molecule is Nc1c(N)c(=O)c2nc3c(=O)c(N)c(N)c(=O)c3nc2c1=O. The number of aromatic nitrogens is 2. The lowest BCUT2D eigenvalue weighted by Gasteiger charge is -2.04. The molecule has 10 nitrogen and oxygen atoms in total. The molecule has 2 aromatic carbocycles. The van der Waals surface area contributed by atoms with E-state index in [0.717, 1.165) is 0 Å². The van der Waals surface area contributed by atoms with Gasteiger partial charge in [-0.05, 0) is 0 Å². The summed E-state index contributed by atoms with van der Waals surface area (Å²) in [6.07, 6.45) is 0. The predicted octanol–water partition coefficient (Wildman–Crippen LogP) is -2.57. The second-order valence-corrected chi connectivity index (χ2v) is 4.59. The number of nitrogens with zero attached hydrogens (tertiary/aromatic N) is 2. The van der Waals surface area contributed by atoms with E-state index in [1.807, 2.05) is 0 Å². The molecule has 0 spiro atoms. The molecule has 0 aliphatic carbocycles. The summed E-state index contributed by atoms with van der Waals surface area (Å²) in [5.41, 5.74) is 14.5. The number of hydrogen-bond donors (Lipinski definition) is 4. The first-order chi connectivity index (χ1) is 10.3. The van der Waals surface area contributed by atoms with Crippen molar-refractivity contribution in [2.24, 2.45) is 0 Å². The van der Waals surface area contributed by atoms with Gasteiger partial charge in [-0.1, -0.05) is 0 Å². The third-order valence-electron chi connectivity index (χ3n) is 3.31. The van der Waals surface area contributed by atoms with Crippen LogP contribution in [0.2, 0.25) is 0 Å².